The minimum atomic E-state index is 0. The third-order valence-corrected chi connectivity index (χ3v) is 2.97. The van der Waals surface area contributed by atoms with Crippen molar-refractivity contribution in [3.05, 3.63) is 57.9 Å². The van der Waals surface area contributed by atoms with Crippen LogP contribution in [0.15, 0.2) is 52.3 Å². The summed E-state index contributed by atoms with van der Waals surface area (Å²) in [4.78, 5) is 0. The Kier molecular flexibility index (Phi) is 10.7. The van der Waals surface area contributed by atoms with Crippen molar-refractivity contribution in [2.24, 2.45) is 0 Å². The van der Waals surface area contributed by atoms with Gasteiger partial charge in [-0.1, -0.05) is 0 Å². The average molecular weight is 316 g/mol. The van der Waals surface area contributed by atoms with Crippen molar-refractivity contribution < 1.29 is 17.4 Å². The van der Waals surface area contributed by atoms with E-state index in [2.05, 4.69) is 59.9 Å². The molecular formula is C12H14Cl3V. The van der Waals surface area contributed by atoms with Gasteiger partial charge in [-0.15, -0.1) is 37.2 Å². The van der Waals surface area contributed by atoms with E-state index in [4.69, 9.17) is 0 Å². The Bertz CT molecular complexity index is 358. The van der Waals surface area contributed by atoms with E-state index in [0.29, 0.717) is 0 Å². The molecule has 0 fully saturated rings. The Morgan fingerprint density at radius 2 is 1.62 bits per heavy atom. The predicted molar refractivity (Wildman–Crippen MR) is 72.7 cm³/mol. The molecule has 0 saturated heterocycles. The molecule has 0 nitrogen and oxygen atoms in total. The summed E-state index contributed by atoms with van der Waals surface area (Å²) in [5.41, 5.74) is 2.86. The summed E-state index contributed by atoms with van der Waals surface area (Å²) in [5, 5.41) is 0. The molecule has 0 bridgehead atoms. The summed E-state index contributed by atoms with van der Waals surface area (Å²) in [6.07, 6.45) is 6.65. The van der Waals surface area contributed by atoms with Crippen LogP contribution in [0.3, 0.4) is 0 Å². The summed E-state index contributed by atoms with van der Waals surface area (Å²) in [7, 11) is 0. The van der Waals surface area contributed by atoms with Gasteiger partial charge < -0.3 is 0 Å². The van der Waals surface area contributed by atoms with Crippen LogP contribution in [0.25, 0.3) is 0 Å². The maximum absolute atomic E-state index is 2.67. The molecule has 88 valence electrons. The van der Waals surface area contributed by atoms with Crippen molar-refractivity contribution in [3.8, 4) is 0 Å². The first-order chi connectivity index (χ1) is 6.36. The molecule has 0 unspecified atom stereocenters. The molecule has 0 atom stereocenters. The molecule has 2 rings (SSSR count). The zero-order chi connectivity index (χ0) is 9.10. The van der Waals surface area contributed by atoms with Gasteiger partial charge in [0.25, 0.3) is 0 Å². The number of hydrogen-bond acceptors (Lipinski definition) is 0. The molecule has 0 saturated carbocycles. The van der Waals surface area contributed by atoms with Crippen LogP contribution < -0.4 is 0 Å². The van der Waals surface area contributed by atoms with Gasteiger partial charge in [0.2, 0.25) is 0 Å². The van der Waals surface area contributed by atoms with Crippen LogP contribution in [0.5, 0.6) is 0 Å². The number of allylic oxidation sites excluding steroid dienone is 4. The van der Waals surface area contributed by atoms with Crippen LogP contribution in [0.2, 0.25) is 0 Å². The topological polar surface area (TPSA) is 0 Å². The van der Waals surface area contributed by atoms with Crippen molar-refractivity contribution in [1.82, 2.24) is 0 Å². The van der Waals surface area contributed by atoms with E-state index in [1.165, 1.54) is 15.4 Å². The summed E-state index contributed by atoms with van der Waals surface area (Å²) < 4.78 is 1.45. The van der Waals surface area contributed by atoms with Crippen LogP contribution in [0.1, 0.15) is 12.0 Å². The average Bonchev–Trinajstić information content (AvgIpc) is 2.54. The van der Waals surface area contributed by atoms with E-state index >= 15 is 0 Å². The molecule has 0 heterocycles. The Hall–Kier alpha value is 0.154. The summed E-state index contributed by atoms with van der Waals surface area (Å²) in [6, 6.07) is 10.6. The summed E-state index contributed by atoms with van der Waals surface area (Å²) in [5.74, 6) is 0. The Morgan fingerprint density at radius 1 is 1.00 bits per heavy atom. The monoisotopic (exact) mass is 314 g/mol. The molecule has 0 N–H and O–H groups in total. The number of benzene rings is 1. The fraction of sp³-hybridized carbons (Fsp3) is 0.167. The Balaban J connectivity index is 0. The molecule has 0 aliphatic heterocycles. The zero-order valence-electron chi connectivity index (χ0n) is 8.63. The van der Waals surface area contributed by atoms with Crippen LogP contribution in [-0.4, -0.2) is 0 Å². The van der Waals surface area contributed by atoms with Crippen LogP contribution in [0.4, 0.5) is 0 Å². The van der Waals surface area contributed by atoms with Gasteiger partial charge in [-0.05, 0) is 0 Å². The van der Waals surface area contributed by atoms with Crippen LogP contribution >= 0.6 is 37.2 Å². The fourth-order valence-corrected chi connectivity index (χ4v) is 1.92. The van der Waals surface area contributed by atoms with Crippen LogP contribution in [0, 0.1) is 0 Å². The molecule has 4 heteroatoms. The zero-order valence-corrected chi connectivity index (χ0v) is 12.5. The molecule has 16 heavy (non-hydrogen) atoms. The van der Waals surface area contributed by atoms with E-state index in [-0.39, 0.29) is 37.2 Å². The SMILES string of the molecule is Cl.Cl.Cl.[V][C]1=C(Cc2ccccc2)C=CC1. The van der Waals surface area contributed by atoms with E-state index in [0.717, 1.165) is 12.8 Å². The third-order valence-electron chi connectivity index (χ3n) is 2.24. The molecule has 0 radical (unpaired) electrons. The van der Waals surface area contributed by atoms with Gasteiger partial charge in [0.15, 0.2) is 0 Å². The van der Waals surface area contributed by atoms with E-state index < -0.39 is 0 Å². The van der Waals surface area contributed by atoms with E-state index in [1.807, 2.05) is 0 Å². The molecule has 0 amide bonds. The van der Waals surface area contributed by atoms with Gasteiger partial charge in [-0.25, -0.2) is 0 Å². The fourth-order valence-electron chi connectivity index (χ4n) is 1.52. The standard InChI is InChI=1S/C12H11.3ClH.V/c1-2-6-11(7-3-1)10-12-8-4-5-9-12;;;;/h1-4,6-8H,5,10H2;3*1H;. The first-order valence-corrected chi connectivity index (χ1v) is 5.17. The van der Waals surface area contributed by atoms with Crippen molar-refractivity contribution in [3.63, 3.8) is 0 Å². The third kappa shape index (κ3) is 4.99. The molecule has 1 aliphatic rings. The van der Waals surface area contributed by atoms with E-state index in [9.17, 15) is 0 Å². The first-order valence-electron chi connectivity index (χ1n) is 4.48. The van der Waals surface area contributed by atoms with Gasteiger partial charge in [0.05, 0.1) is 0 Å². The van der Waals surface area contributed by atoms with Gasteiger partial charge >= 0.3 is 88.2 Å². The Morgan fingerprint density at radius 3 is 2.12 bits per heavy atom. The number of hydrogen-bond donors (Lipinski definition) is 0. The summed E-state index contributed by atoms with van der Waals surface area (Å²) >= 11 is 2.67. The molecule has 1 aliphatic carbocycles. The predicted octanol–water partition coefficient (Wildman–Crippen LogP) is 4.26. The first kappa shape index (κ1) is 18.5. The van der Waals surface area contributed by atoms with Gasteiger partial charge in [-0.2, -0.15) is 0 Å². The second kappa shape index (κ2) is 9.21. The molecule has 0 spiro atoms. The minimum absolute atomic E-state index is 0. The van der Waals surface area contributed by atoms with Crippen molar-refractivity contribution >= 4 is 37.2 Å². The molecule has 0 aromatic heterocycles. The normalized spacial score (nSPS) is 12.5. The maximum atomic E-state index is 2.67. The number of rotatable bonds is 2. The Labute approximate surface area is 125 Å². The van der Waals surface area contributed by atoms with Gasteiger partial charge in [0, 0.05) is 0 Å². The van der Waals surface area contributed by atoms with E-state index in [1.54, 1.807) is 0 Å². The molecule has 1 aromatic carbocycles. The molecular weight excluding hydrogens is 301 g/mol. The van der Waals surface area contributed by atoms with Gasteiger partial charge in [0.1, 0.15) is 0 Å². The summed E-state index contributed by atoms with van der Waals surface area (Å²) in [6.45, 7) is 0. The second-order valence-electron chi connectivity index (χ2n) is 3.24. The van der Waals surface area contributed by atoms with Crippen molar-refractivity contribution in [2.75, 3.05) is 0 Å². The van der Waals surface area contributed by atoms with Gasteiger partial charge in [-0.3, -0.25) is 0 Å². The second-order valence-corrected chi connectivity index (χ2v) is 4.08. The molecule has 1 aromatic rings. The quantitative estimate of drug-likeness (QED) is 0.765. The van der Waals surface area contributed by atoms with Crippen LogP contribution in [-0.2, 0) is 23.8 Å². The number of halogens is 3. The van der Waals surface area contributed by atoms with Crippen molar-refractivity contribution in [2.45, 2.75) is 12.8 Å². The van der Waals surface area contributed by atoms with Crippen molar-refractivity contribution in [1.29, 1.82) is 0 Å².